The maximum Gasteiger partial charge on any atom is 0.405 e. The molecule has 1 saturated heterocycles. The van der Waals surface area contributed by atoms with Crippen molar-refractivity contribution in [1.82, 2.24) is 9.88 Å². The third kappa shape index (κ3) is 4.50. The molecule has 0 saturated carbocycles. The number of primary amides is 1. The number of nitrogens with two attached hydrogens (primary N) is 1. The first-order valence-electron chi connectivity index (χ1n) is 8.58. The molecule has 7 nitrogen and oxygen atoms in total. The molecular formula is C19H22N4O3. The molecule has 1 aliphatic heterocycles. The third-order valence-corrected chi connectivity index (χ3v) is 4.40. The van der Waals surface area contributed by atoms with Gasteiger partial charge in [0.25, 0.3) is 0 Å². The molecule has 26 heavy (non-hydrogen) atoms. The van der Waals surface area contributed by atoms with Crippen LogP contribution in [0, 0.1) is 0 Å². The van der Waals surface area contributed by atoms with Gasteiger partial charge in [-0.05, 0) is 17.7 Å². The van der Waals surface area contributed by atoms with E-state index in [1.807, 2.05) is 48.5 Å². The Labute approximate surface area is 152 Å². The summed E-state index contributed by atoms with van der Waals surface area (Å²) in [6, 6.07) is 15.0. The zero-order valence-corrected chi connectivity index (χ0v) is 14.5. The number of carbonyl (C=O) groups excluding carboxylic acids is 2. The summed E-state index contributed by atoms with van der Waals surface area (Å²) in [6.45, 7) is 2.64. The van der Waals surface area contributed by atoms with Crippen molar-refractivity contribution < 1.29 is 14.3 Å². The summed E-state index contributed by atoms with van der Waals surface area (Å²) < 4.78 is 5.16. The van der Waals surface area contributed by atoms with Crippen LogP contribution in [-0.4, -0.2) is 48.1 Å². The van der Waals surface area contributed by atoms with Gasteiger partial charge >= 0.3 is 6.09 Å². The van der Waals surface area contributed by atoms with E-state index in [1.54, 1.807) is 11.1 Å². The number of rotatable bonds is 5. The van der Waals surface area contributed by atoms with Gasteiger partial charge in [-0.15, -0.1) is 0 Å². The first kappa shape index (κ1) is 17.7. The van der Waals surface area contributed by atoms with Crippen molar-refractivity contribution in [3.8, 4) is 0 Å². The Kier molecular flexibility index (Phi) is 5.68. The van der Waals surface area contributed by atoms with E-state index in [4.69, 9.17) is 10.5 Å². The standard InChI is InChI=1S/C19H22N4O3/c20-19(25)26-16(15-6-2-1-3-7-15)14-18(24)23-12-10-22(11-13-23)17-8-4-5-9-21-17/h1-9,16H,10-14H2,(H2,20,25). The number of hydrogen-bond acceptors (Lipinski definition) is 5. The topological polar surface area (TPSA) is 88.8 Å². The summed E-state index contributed by atoms with van der Waals surface area (Å²) >= 11 is 0. The van der Waals surface area contributed by atoms with Crippen LogP contribution in [0.15, 0.2) is 54.7 Å². The van der Waals surface area contributed by atoms with Gasteiger partial charge in [0.15, 0.2) is 0 Å². The molecule has 3 rings (SSSR count). The number of anilines is 1. The van der Waals surface area contributed by atoms with Gasteiger partial charge in [0.1, 0.15) is 11.9 Å². The number of carbonyl (C=O) groups is 2. The molecule has 1 aromatic carbocycles. The molecule has 2 N–H and O–H groups in total. The minimum absolute atomic E-state index is 0.0548. The van der Waals surface area contributed by atoms with Crippen LogP contribution in [0.3, 0.4) is 0 Å². The highest BCUT2D eigenvalue weighted by Crippen LogP contribution is 2.23. The summed E-state index contributed by atoms with van der Waals surface area (Å²) in [6.07, 6.45) is 0.288. The maximum absolute atomic E-state index is 12.7. The van der Waals surface area contributed by atoms with E-state index in [9.17, 15) is 9.59 Å². The first-order chi connectivity index (χ1) is 12.6. The van der Waals surface area contributed by atoms with E-state index in [0.29, 0.717) is 13.1 Å². The number of piperazine rings is 1. The van der Waals surface area contributed by atoms with Gasteiger partial charge in [-0.3, -0.25) is 4.79 Å². The molecule has 1 atom stereocenters. The summed E-state index contributed by atoms with van der Waals surface area (Å²) in [4.78, 5) is 32.2. The Morgan fingerprint density at radius 3 is 2.35 bits per heavy atom. The molecule has 136 valence electrons. The Bertz CT molecular complexity index is 731. The van der Waals surface area contributed by atoms with E-state index in [0.717, 1.165) is 24.5 Å². The van der Waals surface area contributed by atoms with Crippen LogP contribution in [0.4, 0.5) is 10.6 Å². The molecule has 0 bridgehead atoms. The summed E-state index contributed by atoms with van der Waals surface area (Å²) in [5.74, 6) is 0.861. The highest BCUT2D eigenvalue weighted by Gasteiger charge is 2.26. The van der Waals surface area contributed by atoms with E-state index < -0.39 is 12.2 Å². The average Bonchev–Trinajstić information content (AvgIpc) is 2.68. The number of pyridine rings is 1. The summed E-state index contributed by atoms with van der Waals surface area (Å²) in [5.41, 5.74) is 5.92. The lowest BCUT2D eigenvalue weighted by molar-refractivity contribution is -0.133. The number of amides is 2. The maximum atomic E-state index is 12.7. The molecular weight excluding hydrogens is 332 g/mol. The van der Waals surface area contributed by atoms with E-state index in [-0.39, 0.29) is 12.3 Å². The molecule has 2 amide bonds. The molecule has 1 aromatic heterocycles. The van der Waals surface area contributed by atoms with Crippen LogP contribution in [0.25, 0.3) is 0 Å². The fourth-order valence-electron chi connectivity index (χ4n) is 3.05. The van der Waals surface area contributed by atoms with Crippen molar-refractivity contribution >= 4 is 17.8 Å². The number of hydrogen-bond donors (Lipinski definition) is 1. The Morgan fingerprint density at radius 2 is 1.73 bits per heavy atom. The SMILES string of the molecule is NC(=O)OC(CC(=O)N1CCN(c2ccccn2)CC1)c1ccccc1. The smallest absolute Gasteiger partial charge is 0.405 e. The molecule has 0 spiro atoms. The monoisotopic (exact) mass is 354 g/mol. The zero-order valence-electron chi connectivity index (χ0n) is 14.5. The Morgan fingerprint density at radius 1 is 1.04 bits per heavy atom. The molecule has 2 heterocycles. The largest absolute Gasteiger partial charge is 0.441 e. The van der Waals surface area contributed by atoms with Crippen molar-refractivity contribution in [3.05, 3.63) is 60.3 Å². The second-order valence-corrected chi connectivity index (χ2v) is 6.10. The van der Waals surface area contributed by atoms with Gasteiger partial charge in [-0.25, -0.2) is 9.78 Å². The second-order valence-electron chi connectivity index (χ2n) is 6.10. The van der Waals surface area contributed by atoms with Crippen molar-refractivity contribution in [2.45, 2.75) is 12.5 Å². The molecule has 7 heteroatoms. The van der Waals surface area contributed by atoms with Crippen LogP contribution >= 0.6 is 0 Å². The third-order valence-electron chi connectivity index (χ3n) is 4.40. The van der Waals surface area contributed by atoms with E-state index >= 15 is 0 Å². The molecule has 0 radical (unpaired) electrons. The lowest BCUT2D eigenvalue weighted by Crippen LogP contribution is -2.49. The van der Waals surface area contributed by atoms with Gasteiger partial charge in [-0.2, -0.15) is 0 Å². The summed E-state index contributed by atoms with van der Waals surface area (Å²) in [5, 5.41) is 0. The Hall–Kier alpha value is -3.09. The fraction of sp³-hybridized carbons (Fsp3) is 0.316. The summed E-state index contributed by atoms with van der Waals surface area (Å²) in [7, 11) is 0. The van der Waals surface area contributed by atoms with E-state index in [1.165, 1.54) is 0 Å². The van der Waals surface area contributed by atoms with E-state index in [2.05, 4.69) is 9.88 Å². The normalized spacial score (nSPS) is 15.4. The predicted octanol–water partition coefficient (Wildman–Crippen LogP) is 1.96. The van der Waals surface area contributed by atoms with Gasteiger partial charge in [0, 0.05) is 32.4 Å². The van der Waals surface area contributed by atoms with Crippen LogP contribution in [0.2, 0.25) is 0 Å². The van der Waals surface area contributed by atoms with Gasteiger partial charge in [0.2, 0.25) is 5.91 Å². The first-order valence-corrected chi connectivity index (χ1v) is 8.58. The lowest BCUT2D eigenvalue weighted by Gasteiger charge is -2.36. The fourth-order valence-corrected chi connectivity index (χ4v) is 3.05. The van der Waals surface area contributed by atoms with Gasteiger partial charge < -0.3 is 20.3 Å². The minimum atomic E-state index is -0.883. The van der Waals surface area contributed by atoms with Crippen LogP contribution in [-0.2, 0) is 9.53 Å². The minimum Gasteiger partial charge on any atom is -0.441 e. The number of aromatic nitrogens is 1. The average molecular weight is 354 g/mol. The Balaban J connectivity index is 1.59. The molecule has 2 aromatic rings. The van der Waals surface area contributed by atoms with Crippen molar-refractivity contribution in [2.75, 3.05) is 31.1 Å². The van der Waals surface area contributed by atoms with Crippen molar-refractivity contribution in [3.63, 3.8) is 0 Å². The van der Waals surface area contributed by atoms with Crippen LogP contribution in [0.5, 0.6) is 0 Å². The molecule has 1 unspecified atom stereocenters. The highest BCUT2D eigenvalue weighted by atomic mass is 16.6. The number of nitrogens with zero attached hydrogens (tertiary/aromatic N) is 3. The molecule has 0 aliphatic carbocycles. The van der Waals surface area contributed by atoms with Crippen LogP contribution in [0.1, 0.15) is 18.1 Å². The lowest BCUT2D eigenvalue weighted by atomic mass is 10.1. The van der Waals surface area contributed by atoms with Gasteiger partial charge in [-0.1, -0.05) is 36.4 Å². The van der Waals surface area contributed by atoms with Gasteiger partial charge in [0.05, 0.1) is 6.42 Å². The van der Waals surface area contributed by atoms with Crippen LogP contribution < -0.4 is 10.6 Å². The zero-order chi connectivity index (χ0) is 18.4. The van der Waals surface area contributed by atoms with Crippen molar-refractivity contribution in [2.24, 2.45) is 5.73 Å². The second kappa shape index (κ2) is 8.33. The quantitative estimate of drug-likeness (QED) is 0.887. The highest BCUT2D eigenvalue weighted by molar-refractivity contribution is 5.78. The predicted molar refractivity (Wildman–Crippen MR) is 97.5 cm³/mol. The number of benzene rings is 1. The van der Waals surface area contributed by atoms with Crippen molar-refractivity contribution in [1.29, 1.82) is 0 Å². The number of ether oxygens (including phenoxy) is 1. The molecule has 1 fully saturated rings. The molecule has 1 aliphatic rings.